The Hall–Kier alpha value is -3.89. The number of carbonyl (C=O) groups excluding carboxylic acids is 1. The summed E-state index contributed by atoms with van der Waals surface area (Å²) < 4.78 is 40.2. The Kier molecular flexibility index (Phi) is 6.57. The van der Waals surface area contributed by atoms with E-state index in [0.29, 0.717) is 5.69 Å². The molecule has 0 aliphatic heterocycles. The van der Waals surface area contributed by atoms with Crippen LogP contribution in [0.1, 0.15) is 4.88 Å². The van der Waals surface area contributed by atoms with E-state index in [1.807, 2.05) is 12.1 Å². The van der Waals surface area contributed by atoms with Crippen molar-refractivity contribution in [2.45, 2.75) is 4.90 Å². The maximum atomic E-state index is 13.1. The number of benzene rings is 2. The summed E-state index contributed by atoms with van der Waals surface area (Å²) in [6.07, 6.45) is 5.92. The molecule has 166 valence electrons. The van der Waals surface area contributed by atoms with Gasteiger partial charge in [0.2, 0.25) is 11.9 Å². The van der Waals surface area contributed by atoms with Gasteiger partial charge in [0.25, 0.3) is 10.0 Å². The van der Waals surface area contributed by atoms with E-state index >= 15 is 0 Å². The predicted octanol–water partition coefficient (Wildman–Crippen LogP) is 4.80. The minimum absolute atomic E-state index is 0.00963. The monoisotopic (exact) mass is 480 g/mol. The number of rotatable bonds is 7. The number of thiophene rings is 1. The second kappa shape index (κ2) is 9.72. The molecule has 0 unspecified atom stereocenters. The topological polar surface area (TPSA) is 101 Å². The van der Waals surface area contributed by atoms with Gasteiger partial charge in [0.05, 0.1) is 4.90 Å². The summed E-state index contributed by atoms with van der Waals surface area (Å²) in [6, 6.07) is 17.3. The fourth-order valence-corrected chi connectivity index (χ4v) is 4.68. The third kappa shape index (κ3) is 5.88. The molecule has 0 bridgehead atoms. The van der Waals surface area contributed by atoms with Crippen LogP contribution in [0.15, 0.2) is 90.1 Å². The summed E-state index contributed by atoms with van der Waals surface area (Å²) in [5.74, 6) is -0.687. The zero-order valence-corrected chi connectivity index (χ0v) is 18.6. The first-order valence-corrected chi connectivity index (χ1v) is 11.9. The van der Waals surface area contributed by atoms with E-state index in [0.717, 1.165) is 15.3 Å². The van der Waals surface area contributed by atoms with E-state index in [4.69, 9.17) is 0 Å². The molecule has 7 nitrogen and oxygen atoms in total. The molecule has 10 heteroatoms. The Morgan fingerprint density at radius 2 is 1.64 bits per heavy atom. The molecule has 1 amide bonds. The lowest BCUT2D eigenvalue weighted by molar-refractivity contribution is -0.111. The summed E-state index contributed by atoms with van der Waals surface area (Å²) in [6.45, 7) is 0. The van der Waals surface area contributed by atoms with Gasteiger partial charge in [0.1, 0.15) is 5.82 Å². The van der Waals surface area contributed by atoms with Crippen molar-refractivity contribution < 1.29 is 17.6 Å². The van der Waals surface area contributed by atoms with Crippen molar-refractivity contribution in [2.24, 2.45) is 0 Å². The van der Waals surface area contributed by atoms with Crippen LogP contribution < -0.4 is 10.0 Å². The number of nitrogens with one attached hydrogen (secondary N) is 2. The number of nitrogens with zero attached hydrogens (tertiary/aromatic N) is 2. The number of halogens is 1. The maximum absolute atomic E-state index is 13.1. The minimum Gasteiger partial charge on any atom is -0.323 e. The second-order valence-corrected chi connectivity index (χ2v) is 9.53. The maximum Gasteiger partial charge on any atom is 0.264 e. The van der Waals surface area contributed by atoms with Crippen molar-refractivity contribution in [2.75, 3.05) is 10.0 Å². The summed E-state index contributed by atoms with van der Waals surface area (Å²) in [5, 5.41) is 2.68. The summed E-state index contributed by atoms with van der Waals surface area (Å²) in [7, 11) is -3.85. The van der Waals surface area contributed by atoms with Gasteiger partial charge in [-0.05, 0) is 66.2 Å². The van der Waals surface area contributed by atoms with Gasteiger partial charge in [-0.25, -0.2) is 27.5 Å². The number of carbonyl (C=O) groups is 1. The molecular weight excluding hydrogens is 463 g/mol. The summed E-state index contributed by atoms with van der Waals surface area (Å²) in [5.41, 5.74) is 1.34. The van der Waals surface area contributed by atoms with Gasteiger partial charge in [0.15, 0.2) is 0 Å². The molecule has 0 aliphatic carbocycles. The minimum atomic E-state index is -3.85. The van der Waals surface area contributed by atoms with Crippen LogP contribution in [-0.2, 0) is 14.8 Å². The molecule has 0 radical (unpaired) electrons. The standard InChI is InChI=1S/C23H17FN4O3S2/c24-17-4-2-16(3-5-17)21-12-8-19(32-21)9-13-22(29)27-18-6-10-20(11-7-18)33(30,31)28-23-25-14-1-15-26-23/h1-15H,(H,27,29)(H,25,26,28)/b13-9+. The predicted molar refractivity (Wildman–Crippen MR) is 127 cm³/mol. The lowest BCUT2D eigenvalue weighted by atomic mass is 10.2. The van der Waals surface area contributed by atoms with E-state index in [-0.39, 0.29) is 22.6 Å². The van der Waals surface area contributed by atoms with Crippen LogP contribution in [0.2, 0.25) is 0 Å². The Morgan fingerprint density at radius 3 is 2.33 bits per heavy atom. The van der Waals surface area contributed by atoms with Crippen LogP contribution >= 0.6 is 11.3 Å². The van der Waals surface area contributed by atoms with Crippen LogP contribution in [-0.4, -0.2) is 24.3 Å². The van der Waals surface area contributed by atoms with E-state index in [9.17, 15) is 17.6 Å². The van der Waals surface area contributed by atoms with Gasteiger partial charge in [-0.1, -0.05) is 12.1 Å². The Bertz CT molecular complexity index is 1390. The molecule has 0 saturated carbocycles. The molecule has 2 heterocycles. The third-order valence-corrected chi connectivity index (χ3v) is 6.82. The molecule has 0 fully saturated rings. The van der Waals surface area contributed by atoms with E-state index in [1.54, 1.807) is 24.3 Å². The summed E-state index contributed by atoms with van der Waals surface area (Å²) >= 11 is 1.47. The van der Waals surface area contributed by atoms with Gasteiger partial charge in [-0.3, -0.25) is 4.79 Å². The first-order chi connectivity index (χ1) is 15.9. The van der Waals surface area contributed by atoms with Crippen molar-refractivity contribution in [3.05, 3.63) is 95.9 Å². The highest BCUT2D eigenvalue weighted by Gasteiger charge is 2.15. The number of aromatic nitrogens is 2. The molecule has 4 rings (SSSR count). The molecule has 0 atom stereocenters. The van der Waals surface area contributed by atoms with Crippen molar-refractivity contribution >= 4 is 45.0 Å². The first kappa shape index (κ1) is 22.3. The van der Waals surface area contributed by atoms with Gasteiger partial charge in [-0.2, -0.15) is 0 Å². The second-order valence-electron chi connectivity index (χ2n) is 6.73. The molecule has 4 aromatic rings. The highest BCUT2D eigenvalue weighted by molar-refractivity contribution is 7.92. The van der Waals surface area contributed by atoms with Crippen LogP contribution in [0.25, 0.3) is 16.5 Å². The highest BCUT2D eigenvalue weighted by atomic mass is 32.2. The number of hydrogen-bond acceptors (Lipinski definition) is 6. The largest absolute Gasteiger partial charge is 0.323 e. The lowest BCUT2D eigenvalue weighted by Gasteiger charge is -2.07. The Balaban J connectivity index is 1.37. The van der Waals surface area contributed by atoms with Crippen LogP contribution in [0.4, 0.5) is 16.0 Å². The average Bonchev–Trinajstić information content (AvgIpc) is 3.28. The molecule has 0 spiro atoms. The van der Waals surface area contributed by atoms with E-state index in [1.165, 1.54) is 66.2 Å². The van der Waals surface area contributed by atoms with Gasteiger partial charge >= 0.3 is 0 Å². The molecular formula is C23H17FN4O3S2. The zero-order valence-electron chi connectivity index (χ0n) is 17.0. The molecule has 2 aromatic carbocycles. The Morgan fingerprint density at radius 1 is 0.939 bits per heavy atom. The fraction of sp³-hybridized carbons (Fsp3) is 0. The molecule has 0 saturated heterocycles. The van der Waals surface area contributed by atoms with Gasteiger partial charge in [-0.15, -0.1) is 11.3 Å². The van der Waals surface area contributed by atoms with Crippen molar-refractivity contribution in [3.63, 3.8) is 0 Å². The van der Waals surface area contributed by atoms with E-state index in [2.05, 4.69) is 20.0 Å². The number of hydrogen-bond donors (Lipinski definition) is 2. The quantitative estimate of drug-likeness (QED) is 0.370. The number of amides is 1. The number of anilines is 2. The van der Waals surface area contributed by atoms with E-state index < -0.39 is 10.0 Å². The molecule has 33 heavy (non-hydrogen) atoms. The van der Waals surface area contributed by atoms with Crippen LogP contribution in [0, 0.1) is 5.82 Å². The zero-order chi connectivity index (χ0) is 23.3. The molecule has 2 N–H and O–H groups in total. The number of sulfonamides is 1. The Labute approximate surface area is 193 Å². The van der Waals surface area contributed by atoms with Gasteiger partial charge in [0, 0.05) is 33.9 Å². The fourth-order valence-electron chi connectivity index (χ4n) is 2.80. The molecule has 0 aliphatic rings. The summed E-state index contributed by atoms with van der Waals surface area (Å²) in [4.78, 5) is 21.7. The smallest absolute Gasteiger partial charge is 0.264 e. The lowest BCUT2D eigenvalue weighted by Crippen LogP contribution is -2.15. The normalized spacial score (nSPS) is 11.4. The first-order valence-electron chi connectivity index (χ1n) is 9.64. The van der Waals surface area contributed by atoms with Crippen molar-refractivity contribution in [1.29, 1.82) is 0 Å². The van der Waals surface area contributed by atoms with Crippen molar-refractivity contribution in [3.8, 4) is 10.4 Å². The third-order valence-electron chi connectivity index (χ3n) is 4.38. The van der Waals surface area contributed by atoms with Crippen LogP contribution in [0.5, 0.6) is 0 Å². The SMILES string of the molecule is O=C(/C=C/c1ccc(-c2ccc(F)cc2)s1)Nc1ccc(S(=O)(=O)Nc2ncccn2)cc1. The molecule has 2 aromatic heterocycles. The average molecular weight is 481 g/mol. The highest BCUT2D eigenvalue weighted by Crippen LogP contribution is 2.29. The van der Waals surface area contributed by atoms with Crippen molar-refractivity contribution in [1.82, 2.24) is 9.97 Å². The van der Waals surface area contributed by atoms with Crippen LogP contribution in [0.3, 0.4) is 0 Å². The van der Waals surface area contributed by atoms with Gasteiger partial charge < -0.3 is 5.32 Å².